The van der Waals surface area contributed by atoms with Crippen molar-refractivity contribution in [2.24, 2.45) is 0 Å². The molecule has 0 aliphatic carbocycles. The SMILES string of the molecule is C#CCNCC(=O)N(C)c1cccc(O)c1. The lowest BCUT2D eigenvalue weighted by Crippen LogP contribution is -2.35. The van der Waals surface area contributed by atoms with Gasteiger partial charge in [-0.15, -0.1) is 6.42 Å². The van der Waals surface area contributed by atoms with Gasteiger partial charge in [0, 0.05) is 18.8 Å². The van der Waals surface area contributed by atoms with Crippen molar-refractivity contribution in [1.82, 2.24) is 5.32 Å². The Balaban J connectivity index is 2.60. The molecule has 0 aliphatic rings. The molecule has 84 valence electrons. The van der Waals surface area contributed by atoms with Gasteiger partial charge in [0.15, 0.2) is 0 Å². The normalized spacial score (nSPS) is 9.50. The lowest BCUT2D eigenvalue weighted by molar-refractivity contribution is -0.117. The van der Waals surface area contributed by atoms with Gasteiger partial charge in [-0.25, -0.2) is 0 Å². The maximum Gasteiger partial charge on any atom is 0.240 e. The summed E-state index contributed by atoms with van der Waals surface area (Å²) in [6, 6.07) is 6.51. The number of hydrogen-bond acceptors (Lipinski definition) is 3. The minimum Gasteiger partial charge on any atom is -0.508 e. The van der Waals surface area contributed by atoms with Gasteiger partial charge in [0.05, 0.1) is 13.1 Å². The molecule has 0 heterocycles. The van der Waals surface area contributed by atoms with Crippen LogP contribution < -0.4 is 10.2 Å². The van der Waals surface area contributed by atoms with Gasteiger partial charge in [-0.1, -0.05) is 12.0 Å². The average Bonchev–Trinajstić information content (AvgIpc) is 2.28. The second kappa shape index (κ2) is 5.79. The van der Waals surface area contributed by atoms with Crippen LogP contribution in [0.4, 0.5) is 5.69 Å². The summed E-state index contributed by atoms with van der Waals surface area (Å²) in [4.78, 5) is 13.1. The van der Waals surface area contributed by atoms with Crippen LogP contribution in [-0.4, -0.2) is 31.2 Å². The first-order valence-electron chi connectivity index (χ1n) is 4.85. The second-order valence-corrected chi connectivity index (χ2v) is 3.28. The molecule has 2 N–H and O–H groups in total. The fraction of sp³-hybridized carbons (Fsp3) is 0.250. The Morgan fingerprint density at radius 2 is 2.38 bits per heavy atom. The number of likely N-dealkylation sites (N-methyl/N-ethyl adjacent to an activating group) is 1. The number of benzene rings is 1. The molecule has 0 radical (unpaired) electrons. The quantitative estimate of drug-likeness (QED) is 0.574. The van der Waals surface area contributed by atoms with E-state index in [2.05, 4.69) is 11.2 Å². The van der Waals surface area contributed by atoms with Crippen molar-refractivity contribution in [3.8, 4) is 18.1 Å². The summed E-state index contributed by atoms with van der Waals surface area (Å²) in [5.74, 6) is 2.41. The number of carbonyl (C=O) groups excluding carboxylic acids is 1. The highest BCUT2D eigenvalue weighted by Gasteiger charge is 2.10. The van der Waals surface area contributed by atoms with Gasteiger partial charge in [-0.05, 0) is 12.1 Å². The summed E-state index contributed by atoms with van der Waals surface area (Å²) in [6.45, 7) is 0.538. The highest BCUT2D eigenvalue weighted by Crippen LogP contribution is 2.18. The number of carbonyl (C=O) groups is 1. The van der Waals surface area contributed by atoms with Gasteiger partial charge in [0.2, 0.25) is 5.91 Å². The van der Waals surface area contributed by atoms with Gasteiger partial charge in [-0.2, -0.15) is 0 Å². The summed E-state index contributed by atoms with van der Waals surface area (Å²) in [5, 5.41) is 12.1. The first kappa shape index (κ1) is 12.1. The summed E-state index contributed by atoms with van der Waals surface area (Å²) < 4.78 is 0. The predicted octanol–water partition coefficient (Wildman–Crippen LogP) is 0.578. The topological polar surface area (TPSA) is 52.6 Å². The van der Waals surface area contributed by atoms with Crippen LogP contribution in [0.1, 0.15) is 0 Å². The van der Waals surface area contributed by atoms with Crippen LogP contribution in [0.25, 0.3) is 0 Å². The number of anilines is 1. The van der Waals surface area contributed by atoms with E-state index in [4.69, 9.17) is 6.42 Å². The Hall–Kier alpha value is -1.99. The molecule has 0 atom stereocenters. The summed E-state index contributed by atoms with van der Waals surface area (Å²) in [7, 11) is 1.65. The molecular weight excluding hydrogens is 204 g/mol. The average molecular weight is 218 g/mol. The zero-order valence-electron chi connectivity index (χ0n) is 9.10. The molecule has 0 saturated carbocycles. The predicted molar refractivity (Wildman–Crippen MR) is 63.2 cm³/mol. The van der Waals surface area contributed by atoms with E-state index >= 15 is 0 Å². The third-order valence-electron chi connectivity index (χ3n) is 2.09. The minimum atomic E-state index is -0.110. The second-order valence-electron chi connectivity index (χ2n) is 3.28. The largest absolute Gasteiger partial charge is 0.508 e. The van der Waals surface area contributed by atoms with Crippen LogP contribution in [0.5, 0.6) is 5.75 Å². The smallest absolute Gasteiger partial charge is 0.240 e. The fourth-order valence-corrected chi connectivity index (χ4v) is 1.21. The molecule has 0 aromatic heterocycles. The van der Waals surface area contributed by atoms with Crippen LogP contribution >= 0.6 is 0 Å². The summed E-state index contributed by atoms with van der Waals surface area (Å²) >= 11 is 0. The molecule has 0 saturated heterocycles. The number of terminal acetylenes is 1. The molecule has 0 spiro atoms. The third-order valence-corrected chi connectivity index (χ3v) is 2.09. The van der Waals surface area contributed by atoms with Crippen molar-refractivity contribution in [3.63, 3.8) is 0 Å². The van der Waals surface area contributed by atoms with E-state index in [1.165, 1.54) is 11.0 Å². The number of phenols is 1. The van der Waals surface area contributed by atoms with E-state index in [0.717, 1.165) is 0 Å². The monoisotopic (exact) mass is 218 g/mol. The van der Waals surface area contributed by atoms with Gasteiger partial charge in [-0.3, -0.25) is 10.1 Å². The molecular formula is C12H14N2O2. The fourth-order valence-electron chi connectivity index (χ4n) is 1.21. The Bertz CT molecular complexity index is 410. The van der Waals surface area contributed by atoms with Gasteiger partial charge in [0.25, 0.3) is 0 Å². The maximum absolute atomic E-state index is 11.6. The van der Waals surface area contributed by atoms with Crippen molar-refractivity contribution in [2.75, 3.05) is 25.0 Å². The Labute approximate surface area is 94.9 Å². The van der Waals surface area contributed by atoms with Crippen molar-refractivity contribution in [2.45, 2.75) is 0 Å². The number of amides is 1. The van der Waals surface area contributed by atoms with Crippen molar-refractivity contribution < 1.29 is 9.90 Å². The van der Waals surface area contributed by atoms with E-state index in [-0.39, 0.29) is 18.2 Å². The number of nitrogens with one attached hydrogen (secondary N) is 1. The molecule has 0 fully saturated rings. The van der Waals surface area contributed by atoms with Crippen LogP contribution in [0.15, 0.2) is 24.3 Å². The van der Waals surface area contributed by atoms with Crippen LogP contribution in [0.3, 0.4) is 0 Å². The molecule has 0 aliphatic heterocycles. The summed E-state index contributed by atoms with van der Waals surface area (Å²) in [5.41, 5.74) is 0.646. The highest BCUT2D eigenvalue weighted by atomic mass is 16.3. The molecule has 1 aromatic carbocycles. The first-order chi connectivity index (χ1) is 7.65. The molecule has 1 amide bonds. The van der Waals surface area contributed by atoms with Crippen LogP contribution in [-0.2, 0) is 4.79 Å². The maximum atomic E-state index is 11.6. The molecule has 16 heavy (non-hydrogen) atoms. The van der Waals surface area contributed by atoms with E-state index in [1.54, 1.807) is 25.2 Å². The van der Waals surface area contributed by atoms with Crippen LogP contribution in [0.2, 0.25) is 0 Å². The standard InChI is InChI=1S/C12H14N2O2/c1-3-7-13-9-12(16)14(2)10-5-4-6-11(15)8-10/h1,4-6,8,13,15H,7,9H2,2H3. The van der Waals surface area contributed by atoms with Crippen molar-refractivity contribution >= 4 is 11.6 Å². The van der Waals surface area contributed by atoms with E-state index in [1.807, 2.05) is 0 Å². The van der Waals surface area contributed by atoms with Gasteiger partial charge >= 0.3 is 0 Å². The first-order valence-corrected chi connectivity index (χ1v) is 4.85. The van der Waals surface area contributed by atoms with Gasteiger partial charge < -0.3 is 10.0 Å². The number of phenolic OH excluding ortho intramolecular Hbond substituents is 1. The highest BCUT2D eigenvalue weighted by molar-refractivity contribution is 5.94. The number of aromatic hydroxyl groups is 1. The molecule has 0 bridgehead atoms. The Kier molecular flexibility index (Phi) is 4.37. The zero-order valence-corrected chi connectivity index (χ0v) is 9.10. The molecule has 1 rings (SSSR count). The van der Waals surface area contributed by atoms with E-state index < -0.39 is 0 Å². The minimum absolute atomic E-state index is 0.110. The van der Waals surface area contributed by atoms with Crippen molar-refractivity contribution in [1.29, 1.82) is 0 Å². The molecule has 1 aromatic rings. The van der Waals surface area contributed by atoms with E-state index in [0.29, 0.717) is 12.2 Å². The number of nitrogens with zero attached hydrogens (tertiary/aromatic N) is 1. The van der Waals surface area contributed by atoms with Gasteiger partial charge in [0.1, 0.15) is 5.75 Å². The Morgan fingerprint density at radius 3 is 3.00 bits per heavy atom. The molecule has 4 heteroatoms. The van der Waals surface area contributed by atoms with Crippen LogP contribution in [0, 0.1) is 12.3 Å². The molecule has 0 unspecified atom stereocenters. The lowest BCUT2D eigenvalue weighted by atomic mass is 10.3. The number of hydrogen-bond donors (Lipinski definition) is 2. The Morgan fingerprint density at radius 1 is 1.62 bits per heavy atom. The summed E-state index contributed by atoms with van der Waals surface area (Å²) in [6.07, 6.45) is 5.05. The third kappa shape index (κ3) is 3.30. The number of rotatable bonds is 4. The van der Waals surface area contributed by atoms with E-state index in [9.17, 15) is 9.90 Å². The zero-order chi connectivity index (χ0) is 12.0. The lowest BCUT2D eigenvalue weighted by Gasteiger charge is -2.17. The van der Waals surface area contributed by atoms with Crippen molar-refractivity contribution in [3.05, 3.63) is 24.3 Å². The molecule has 4 nitrogen and oxygen atoms in total.